The molecule has 0 saturated carbocycles. The number of amides is 1. The van der Waals surface area contributed by atoms with Gasteiger partial charge < -0.3 is 19.1 Å². The number of Topliss-reactive ketones (excluding diaryl/α,β-unsaturated/α-hetero) is 1. The van der Waals surface area contributed by atoms with E-state index >= 15 is 0 Å². The summed E-state index contributed by atoms with van der Waals surface area (Å²) in [6, 6.07) is 13.1. The summed E-state index contributed by atoms with van der Waals surface area (Å²) in [5.41, 5.74) is 1.12. The second-order valence-corrected chi connectivity index (χ2v) is 7.88. The maximum absolute atomic E-state index is 12.7. The predicted molar refractivity (Wildman–Crippen MR) is 112 cm³/mol. The Labute approximate surface area is 176 Å². The van der Waals surface area contributed by atoms with Crippen molar-refractivity contribution in [2.45, 2.75) is 38.2 Å². The van der Waals surface area contributed by atoms with E-state index in [-0.39, 0.29) is 18.3 Å². The monoisotopic (exact) mass is 409 g/mol. The summed E-state index contributed by atoms with van der Waals surface area (Å²) < 4.78 is 17.3. The molecule has 0 bridgehead atoms. The largest absolute Gasteiger partial charge is 0.497 e. The fraction of sp³-hybridized carbons (Fsp3) is 0.417. The first-order valence-electron chi connectivity index (χ1n) is 10.4. The number of carbonyl (C=O) groups excluding carboxylic acids is 2. The van der Waals surface area contributed by atoms with Crippen LogP contribution in [0.25, 0.3) is 0 Å². The summed E-state index contributed by atoms with van der Waals surface area (Å²) >= 11 is 0. The SMILES string of the molecule is CCc1ccccc1OCC(=O)N1CCC2(CC1)CC(=O)c1cc(OC)ccc1O2. The maximum atomic E-state index is 12.7. The zero-order chi connectivity index (χ0) is 21.1. The van der Waals surface area contributed by atoms with Crippen LogP contribution in [0.15, 0.2) is 42.5 Å². The number of para-hydroxylation sites is 1. The number of rotatable bonds is 5. The average Bonchev–Trinajstić information content (AvgIpc) is 2.78. The van der Waals surface area contributed by atoms with Crippen molar-refractivity contribution in [2.24, 2.45) is 0 Å². The number of methoxy groups -OCH3 is 1. The molecule has 1 saturated heterocycles. The van der Waals surface area contributed by atoms with Gasteiger partial charge in [-0.15, -0.1) is 0 Å². The Bertz CT molecular complexity index is 946. The molecule has 0 radical (unpaired) electrons. The highest BCUT2D eigenvalue weighted by Gasteiger charge is 2.43. The van der Waals surface area contributed by atoms with Gasteiger partial charge >= 0.3 is 0 Å². The molecule has 0 N–H and O–H groups in total. The first-order chi connectivity index (χ1) is 14.5. The number of piperidine rings is 1. The molecule has 158 valence electrons. The molecule has 4 rings (SSSR count). The number of aryl methyl sites for hydroxylation is 1. The van der Waals surface area contributed by atoms with Gasteiger partial charge in [0.1, 0.15) is 22.8 Å². The van der Waals surface area contributed by atoms with Crippen LogP contribution in [0.5, 0.6) is 17.2 Å². The summed E-state index contributed by atoms with van der Waals surface area (Å²) in [5.74, 6) is 2.03. The van der Waals surface area contributed by atoms with Crippen LogP contribution in [0.4, 0.5) is 0 Å². The summed E-state index contributed by atoms with van der Waals surface area (Å²) in [6.45, 7) is 3.19. The molecule has 2 aliphatic heterocycles. The van der Waals surface area contributed by atoms with Crippen LogP contribution < -0.4 is 14.2 Å². The van der Waals surface area contributed by atoms with E-state index in [9.17, 15) is 9.59 Å². The van der Waals surface area contributed by atoms with Crippen LogP contribution in [-0.2, 0) is 11.2 Å². The Morgan fingerprint density at radius 2 is 1.93 bits per heavy atom. The van der Waals surface area contributed by atoms with Crippen molar-refractivity contribution >= 4 is 11.7 Å². The van der Waals surface area contributed by atoms with Crippen molar-refractivity contribution in [3.8, 4) is 17.2 Å². The minimum atomic E-state index is -0.537. The minimum absolute atomic E-state index is 0.0203. The fourth-order valence-electron chi connectivity index (χ4n) is 4.21. The average molecular weight is 409 g/mol. The number of hydrogen-bond acceptors (Lipinski definition) is 5. The summed E-state index contributed by atoms with van der Waals surface area (Å²) in [5, 5.41) is 0. The first kappa shape index (κ1) is 20.3. The van der Waals surface area contributed by atoms with E-state index < -0.39 is 5.60 Å². The molecule has 0 unspecified atom stereocenters. The lowest BCUT2D eigenvalue weighted by atomic mass is 9.82. The van der Waals surface area contributed by atoms with Gasteiger partial charge in [-0.05, 0) is 36.2 Å². The van der Waals surface area contributed by atoms with Crippen LogP contribution in [0.2, 0.25) is 0 Å². The highest BCUT2D eigenvalue weighted by molar-refractivity contribution is 6.00. The minimum Gasteiger partial charge on any atom is -0.497 e. The van der Waals surface area contributed by atoms with E-state index in [2.05, 4.69) is 6.92 Å². The van der Waals surface area contributed by atoms with Crippen molar-refractivity contribution in [3.63, 3.8) is 0 Å². The Hall–Kier alpha value is -3.02. The number of ketones is 1. The Kier molecular flexibility index (Phi) is 5.66. The van der Waals surface area contributed by atoms with Gasteiger partial charge in [-0.2, -0.15) is 0 Å². The third-order valence-electron chi connectivity index (χ3n) is 6.03. The summed E-state index contributed by atoms with van der Waals surface area (Å²) in [4.78, 5) is 27.2. The molecule has 2 aromatic rings. The van der Waals surface area contributed by atoms with Gasteiger partial charge in [-0.25, -0.2) is 0 Å². The molecular formula is C24H27NO5. The smallest absolute Gasteiger partial charge is 0.260 e. The third kappa shape index (κ3) is 3.99. The number of carbonyl (C=O) groups is 2. The van der Waals surface area contributed by atoms with E-state index in [1.54, 1.807) is 30.2 Å². The second kappa shape index (κ2) is 8.38. The van der Waals surface area contributed by atoms with E-state index in [0.717, 1.165) is 17.7 Å². The third-order valence-corrected chi connectivity index (χ3v) is 6.03. The number of fused-ring (bicyclic) bond motifs is 1. The Morgan fingerprint density at radius 3 is 2.67 bits per heavy atom. The molecule has 0 aliphatic carbocycles. The van der Waals surface area contributed by atoms with Gasteiger partial charge in [0.05, 0.1) is 19.1 Å². The summed E-state index contributed by atoms with van der Waals surface area (Å²) in [6.07, 6.45) is 2.44. The molecule has 0 aromatic heterocycles. The number of nitrogens with zero attached hydrogens (tertiary/aromatic N) is 1. The Morgan fingerprint density at radius 1 is 1.17 bits per heavy atom. The normalized spacial score (nSPS) is 17.3. The molecular weight excluding hydrogens is 382 g/mol. The van der Waals surface area contributed by atoms with E-state index in [1.807, 2.05) is 24.3 Å². The van der Waals surface area contributed by atoms with Gasteiger partial charge in [-0.3, -0.25) is 9.59 Å². The van der Waals surface area contributed by atoms with Crippen molar-refractivity contribution in [1.29, 1.82) is 0 Å². The van der Waals surface area contributed by atoms with Crippen molar-refractivity contribution in [2.75, 3.05) is 26.8 Å². The molecule has 1 amide bonds. The van der Waals surface area contributed by atoms with Gasteiger partial charge in [0.15, 0.2) is 12.4 Å². The molecule has 6 nitrogen and oxygen atoms in total. The van der Waals surface area contributed by atoms with Crippen molar-refractivity contribution in [1.82, 2.24) is 4.90 Å². The first-order valence-corrected chi connectivity index (χ1v) is 10.4. The van der Waals surface area contributed by atoms with E-state index in [4.69, 9.17) is 14.2 Å². The zero-order valence-electron chi connectivity index (χ0n) is 17.5. The van der Waals surface area contributed by atoms with Gasteiger partial charge in [0.2, 0.25) is 0 Å². The lowest BCUT2D eigenvalue weighted by Crippen LogP contribution is -2.53. The molecule has 2 aromatic carbocycles. The van der Waals surface area contributed by atoms with E-state index in [1.165, 1.54) is 0 Å². The number of likely N-dealkylation sites (tertiary alicyclic amines) is 1. The molecule has 1 spiro atoms. The fourth-order valence-corrected chi connectivity index (χ4v) is 4.21. The van der Waals surface area contributed by atoms with Crippen LogP contribution in [0, 0.1) is 0 Å². The highest BCUT2D eigenvalue weighted by atomic mass is 16.5. The van der Waals surface area contributed by atoms with E-state index in [0.29, 0.717) is 49.4 Å². The van der Waals surface area contributed by atoms with Gasteiger partial charge in [-0.1, -0.05) is 25.1 Å². The molecule has 2 aliphatic rings. The lowest BCUT2D eigenvalue weighted by molar-refractivity contribution is -0.136. The standard InChI is InChI=1S/C24H27NO5/c1-3-17-6-4-5-7-21(17)29-16-23(27)25-12-10-24(11-13-25)15-20(26)19-14-18(28-2)8-9-22(19)30-24/h4-9,14H,3,10-13,15-16H2,1-2H3. The van der Waals surface area contributed by atoms with Crippen molar-refractivity contribution < 1.29 is 23.8 Å². The summed E-state index contributed by atoms with van der Waals surface area (Å²) in [7, 11) is 1.58. The quantitative estimate of drug-likeness (QED) is 0.754. The lowest BCUT2D eigenvalue weighted by Gasteiger charge is -2.43. The van der Waals surface area contributed by atoms with Crippen LogP contribution in [0.3, 0.4) is 0 Å². The number of benzene rings is 2. The molecule has 0 atom stereocenters. The molecule has 30 heavy (non-hydrogen) atoms. The highest BCUT2D eigenvalue weighted by Crippen LogP contribution is 2.40. The topological polar surface area (TPSA) is 65.1 Å². The van der Waals surface area contributed by atoms with Crippen LogP contribution >= 0.6 is 0 Å². The number of ether oxygens (including phenoxy) is 3. The van der Waals surface area contributed by atoms with Crippen LogP contribution in [-0.4, -0.2) is 49.0 Å². The van der Waals surface area contributed by atoms with Gasteiger partial charge in [0.25, 0.3) is 5.91 Å². The maximum Gasteiger partial charge on any atom is 0.260 e. The predicted octanol–water partition coefficient (Wildman–Crippen LogP) is 3.66. The van der Waals surface area contributed by atoms with Crippen LogP contribution in [0.1, 0.15) is 42.1 Å². The van der Waals surface area contributed by atoms with Crippen molar-refractivity contribution in [3.05, 3.63) is 53.6 Å². The Balaban J connectivity index is 1.36. The van der Waals surface area contributed by atoms with Gasteiger partial charge in [0, 0.05) is 25.9 Å². The number of hydrogen-bond donors (Lipinski definition) is 0. The molecule has 2 heterocycles. The second-order valence-electron chi connectivity index (χ2n) is 7.88. The molecule has 1 fully saturated rings. The zero-order valence-corrected chi connectivity index (χ0v) is 17.5. The molecule has 6 heteroatoms.